The van der Waals surface area contributed by atoms with Gasteiger partial charge >= 0.3 is 0 Å². The van der Waals surface area contributed by atoms with Crippen molar-refractivity contribution in [2.75, 3.05) is 13.7 Å². The lowest BCUT2D eigenvalue weighted by Crippen LogP contribution is -2.48. The van der Waals surface area contributed by atoms with Crippen molar-refractivity contribution >= 4 is 5.91 Å². The van der Waals surface area contributed by atoms with Gasteiger partial charge < -0.3 is 14.6 Å². The molecule has 1 heterocycles. The van der Waals surface area contributed by atoms with Gasteiger partial charge in [0.25, 0.3) is 0 Å². The monoisotopic (exact) mass is 347 g/mol. The van der Waals surface area contributed by atoms with Gasteiger partial charge in [0.2, 0.25) is 11.8 Å². The normalized spacial score (nSPS) is 34.2. The van der Waals surface area contributed by atoms with Crippen molar-refractivity contribution < 1.29 is 14.1 Å². The van der Waals surface area contributed by atoms with Crippen LogP contribution < -0.4 is 5.32 Å². The Kier molecular flexibility index (Phi) is 4.56. The topological polar surface area (TPSA) is 77.3 Å². The van der Waals surface area contributed by atoms with Crippen molar-refractivity contribution in [2.45, 2.75) is 64.3 Å². The van der Waals surface area contributed by atoms with E-state index in [4.69, 9.17) is 9.26 Å². The fourth-order valence-corrected chi connectivity index (χ4v) is 5.94. The van der Waals surface area contributed by atoms with Crippen molar-refractivity contribution in [3.05, 3.63) is 11.7 Å². The number of methoxy groups -OCH3 is 1. The molecule has 0 radical (unpaired) electrons. The number of hydrogen-bond acceptors (Lipinski definition) is 5. The van der Waals surface area contributed by atoms with Crippen molar-refractivity contribution in [3.63, 3.8) is 0 Å². The first kappa shape index (κ1) is 17.0. The summed E-state index contributed by atoms with van der Waals surface area (Å²) < 4.78 is 10.3. The first-order chi connectivity index (χ1) is 12.0. The van der Waals surface area contributed by atoms with Crippen molar-refractivity contribution in [2.24, 2.45) is 23.2 Å². The summed E-state index contributed by atoms with van der Waals surface area (Å²) in [6.07, 6.45) is 9.25. The highest BCUT2D eigenvalue weighted by Crippen LogP contribution is 2.61. The van der Waals surface area contributed by atoms with Crippen molar-refractivity contribution in [3.8, 4) is 0 Å². The van der Waals surface area contributed by atoms with E-state index in [1.165, 1.54) is 38.5 Å². The van der Waals surface area contributed by atoms with Gasteiger partial charge in [0, 0.05) is 20.0 Å². The summed E-state index contributed by atoms with van der Waals surface area (Å²) in [6, 6.07) is -0.245. The van der Waals surface area contributed by atoms with E-state index in [-0.39, 0.29) is 17.4 Å². The van der Waals surface area contributed by atoms with Crippen LogP contribution in [0.2, 0.25) is 0 Å². The summed E-state index contributed by atoms with van der Waals surface area (Å²) in [5.41, 5.74) is 0.261. The van der Waals surface area contributed by atoms with Crippen LogP contribution in [0, 0.1) is 23.2 Å². The van der Waals surface area contributed by atoms with E-state index in [2.05, 4.69) is 15.5 Å². The first-order valence-corrected chi connectivity index (χ1v) is 9.66. The summed E-state index contributed by atoms with van der Waals surface area (Å²) in [4.78, 5) is 17.0. The molecule has 0 unspecified atom stereocenters. The lowest BCUT2D eigenvalue weighted by Gasteiger charge is -2.56. The summed E-state index contributed by atoms with van der Waals surface area (Å²) in [5.74, 6) is 3.84. The highest BCUT2D eigenvalue weighted by Gasteiger charge is 2.51. The zero-order valence-corrected chi connectivity index (χ0v) is 15.3. The molecule has 4 aliphatic carbocycles. The van der Waals surface area contributed by atoms with Crippen LogP contribution in [-0.4, -0.2) is 29.8 Å². The highest BCUT2D eigenvalue weighted by molar-refractivity contribution is 5.77. The first-order valence-electron chi connectivity index (χ1n) is 9.66. The van der Waals surface area contributed by atoms with Crippen molar-refractivity contribution in [1.29, 1.82) is 0 Å². The van der Waals surface area contributed by atoms with Crippen LogP contribution >= 0.6 is 0 Å². The standard InChI is InChI=1S/C19H29N3O3/c1-12(18-21-16(22-25-18)3-4-24-2)20-17(23)11-19-8-13-5-14(9-19)7-15(6-13)10-19/h12-15H,3-11H2,1-2H3,(H,20,23)/t12-,13?,14?,15?,19?/m1/s1. The fourth-order valence-electron chi connectivity index (χ4n) is 5.94. The maximum absolute atomic E-state index is 12.7. The summed E-state index contributed by atoms with van der Waals surface area (Å²) in [6.45, 7) is 2.47. The molecule has 1 N–H and O–H groups in total. The van der Waals surface area contributed by atoms with E-state index >= 15 is 0 Å². The molecule has 1 aromatic heterocycles. The average Bonchev–Trinajstić information content (AvgIpc) is 2.99. The van der Waals surface area contributed by atoms with Crippen LogP contribution in [-0.2, 0) is 16.0 Å². The number of hydrogen-bond donors (Lipinski definition) is 1. The summed E-state index contributed by atoms with van der Waals surface area (Å²) in [7, 11) is 1.65. The van der Waals surface area contributed by atoms with Crippen LogP contribution in [0.25, 0.3) is 0 Å². The number of ether oxygens (including phenoxy) is 1. The largest absolute Gasteiger partial charge is 0.384 e. The van der Waals surface area contributed by atoms with Gasteiger partial charge in [-0.25, -0.2) is 0 Å². The number of carbonyl (C=O) groups excluding carboxylic acids is 1. The minimum Gasteiger partial charge on any atom is -0.384 e. The van der Waals surface area contributed by atoms with E-state index in [0.717, 1.165) is 17.8 Å². The molecule has 0 aromatic carbocycles. The molecule has 4 fully saturated rings. The second-order valence-corrected chi connectivity index (χ2v) is 8.68. The van der Waals surface area contributed by atoms with Crippen molar-refractivity contribution in [1.82, 2.24) is 15.5 Å². The molecule has 6 heteroatoms. The molecule has 1 amide bonds. The van der Waals surface area contributed by atoms with Gasteiger partial charge in [-0.15, -0.1) is 0 Å². The zero-order valence-electron chi connectivity index (χ0n) is 15.3. The van der Waals surface area contributed by atoms with E-state index in [0.29, 0.717) is 31.2 Å². The van der Waals surface area contributed by atoms with Crippen LogP contribution in [0.5, 0.6) is 0 Å². The number of aromatic nitrogens is 2. The second-order valence-electron chi connectivity index (χ2n) is 8.68. The molecule has 1 aromatic rings. The summed E-state index contributed by atoms with van der Waals surface area (Å²) in [5, 5.41) is 7.02. The fraction of sp³-hybridized carbons (Fsp3) is 0.842. The Bertz CT molecular complexity index is 592. The minimum absolute atomic E-state index is 0.131. The predicted octanol–water partition coefficient (Wildman–Crippen LogP) is 3.04. The Balaban J connectivity index is 1.33. The average molecular weight is 347 g/mol. The third-order valence-corrected chi connectivity index (χ3v) is 6.46. The number of nitrogens with one attached hydrogen (secondary N) is 1. The van der Waals surface area contributed by atoms with E-state index in [1.54, 1.807) is 7.11 Å². The van der Waals surface area contributed by atoms with Gasteiger partial charge in [0.05, 0.1) is 6.61 Å². The third kappa shape index (κ3) is 3.59. The molecular weight excluding hydrogens is 318 g/mol. The summed E-state index contributed by atoms with van der Waals surface area (Å²) >= 11 is 0. The Morgan fingerprint density at radius 2 is 1.92 bits per heavy atom. The Labute approximate surface area is 149 Å². The van der Waals surface area contributed by atoms with Gasteiger partial charge in [-0.1, -0.05) is 5.16 Å². The molecule has 4 aliphatic rings. The molecule has 4 bridgehead atoms. The van der Waals surface area contributed by atoms with Gasteiger partial charge in [-0.3, -0.25) is 4.79 Å². The van der Waals surface area contributed by atoms with Crippen LogP contribution in [0.15, 0.2) is 4.52 Å². The van der Waals surface area contributed by atoms with E-state index in [1.807, 2.05) is 6.92 Å². The molecule has 0 spiro atoms. The quantitative estimate of drug-likeness (QED) is 0.820. The second kappa shape index (κ2) is 6.71. The third-order valence-electron chi connectivity index (χ3n) is 6.46. The highest BCUT2D eigenvalue weighted by atomic mass is 16.5. The number of nitrogens with zero attached hydrogens (tertiary/aromatic N) is 2. The van der Waals surface area contributed by atoms with Crippen LogP contribution in [0.1, 0.15) is 69.6 Å². The molecule has 25 heavy (non-hydrogen) atoms. The SMILES string of the molecule is COCCc1noc([C@@H](C)NC(=O)CC23CC4CC(CC(C4)C2)C3)n1. The van der Waals surface area contributed by atoms with Crippen LogP contribution in [0.4, 0.5) is 0 Å². The molecule has 6 nitrogen and oxygen atoms in total. The van der Waals surface area contributed by atoms with E-state index in [9.17, 15) is 4.79 Å². The number of rotatable bonds is 7. The van der Waals surface area contributed by atoms with Gasteiger partial charge in [0.15, 0.2) is 5.82 Å². The lowest BCUT2D eigenvalue weighted by molar-refractivity contribution is -0.130. The molecule has 0 saturated heterocycles. The van der Waals surface area contributed by atoms with Gasteiger partial charge in [-0.2, -0.15) is 4.98 Å². The lowest BCUT2D eigenvalue weighted by atomic mass is 9.49. The molecule has 1 atom stereocenters. The molecule has 5 rings (SSSR count). The smallest absolute Gasteiger partial charge is 0.248 e. The van der Waals surface area contributed by atoms with Gasteiger partial charge in [0.1, 0.15) is 6.04 Å². The Hall–Kier alpha value is -1.43. The minimum atomic E-state index is -0.245. The van der Waals surface area contributed by atoms with Crippen LogP contribution in [0.3, 0.4) is 0 Å². The van der Waals surface area contributed by atoms with E-state index < -0.39 is 0 Å². The number of amides is 1. The zero-order chi connectivity index (χ0) is 17.4. The maximum Gasteiger partial charge on any atom is 0.248 e. The Morgan fingerprint density at radius 3 is 2.52 bits per heavy atom. The Morgan fingerprint density at radius 1 is 1.28 bits per heavy atom. The number of carbonyl (C=O) groups is 1. The molecule has 4 saturated carbocycles. The molecule has 0 aliphatic heterocycles. The molecule has 138 valence electrons. The maximum atomic E-state index is 12.7. The predicted molar refractivity (Wildman–Crippen MR) is 91.7 cm³/mol. The van der Waals surface area contributed by atoms with Gasteiger partial charge in [-0.05, 0) is 68.6 Å². The molecular formula is C19H29N3O3.